The van der Waals surface area contributed by atoms with Gasteiger partial charge in [-0.1, -0.05) is 70.5 Å². The average Bonchev–Trinajstić information content (AvgIpc) is 2.84. The van der Waals surface area contributed by atoms with Gasteiger partial charge >= 0.3 is 5.97 Å². The zero-order valence-corrected chi connectivity index (χ0v) is 21.7. The molecule has 1 aliphatic heterocycles. The topological polar surface area (TPSA) is 63.7 Å². The van der Waals surface area contributed by atoms with Gasteiger partial charge in [-0.25, -0.2) is 8.42 Å². The molecule has 2 atom stereocenters. The van der Waals surface area contributed by atoms with E-state index in [4.69, 9.17) is 4.74 Å². The number of carbonyl (C=O) groups excluding carboxylic acids is 1. The zero-order chi connectivity index (χ0) is 24.6. The molecule has 0 bridgehead atoms. The molecule has 1 unspecified atom stereocenters. The maximum Gasteiger partial charge on any atom is 0.303 e. The van der Waals surface area contributed by atoms with Crippen LogP contribution in [0.4, 0.5) is 0 Å². The largest absolute Gasteiger partial charge is 0.456 e. The summed E-state index contributed by atoms with van der Waals surface area (Å²) >= 11 is 0. The third-order valence-electron chi connectivity index (χ3n) is 6.27. The van der Waals surface area contributed by atoms with Crippen molar-refractivity contribution in [2.75, 3.05) is 6.54 Å². The van der Waals surface area contributed by atoms with Crippen LogP contribution in [0, 0.1) is 12.8 Å². The minimum atomic E-state index is -3.78. The number of benzene rings is 2. The average molecular weight is 472 g/mol. The molecule has 0 fully saturated rings. The Morgan fingerprint density at radius 1 is 1.12 bits per heavy atom. The predicted octanol–water partition coefficient (Wildman–Crippen LogP) is 5.56. The Balaban J connectivity index is 2.17. The summed E-state index contributed by atoms with van der Waals surface area (Å²) in [6, 6.07) is 12.7. The molecule has 0 saturated heterocycles. The first-order valence-corrected chi connectivity index (χ1v) is 13.1. The highest BCUT2D eigenvalue weighted by Crippen LogP contribution is 2.39. The number of aryl methyl sites for hydroxylation is 1. The van der Waals surface area contributed by atoms with Crippen molar-refractivity contribution >= 4 is 16.0 Å². The molecule has 0 spiro atoms. The van der Waals surface area contributed by atoms with Crippen molar-refractivity contribution in [3.05, 3.63) is 64.7 Å². The first kappa shape index (κ1) is 25.4. The van der Waals surface area contributed by atoms with Crippen LogP contribution in [0.25, 0.3) is 0 Å². The van der Waals surface area contributed by atoms with Crippen molar-refractivity contribution in [2.24, 2.45) is 5.92 Å². The van der Waals surface area contributed by atoms with Crippen LogP contribution in [-0.4, -0.2) is 31.3 Å². The molecule has 2 aromatic carbocycles. The molecule has 33 heavy (non-hydrogen) atoms. The minimum Gasteiger partial charge on any atom is -0.456 e. The highest BCUT2D eigenvalue weighted by atomic mass is 32.2. The molecule has 0 N–H and O–H groups in total. The summed E-state index contributed by atoms with van der Waals surface area (Å²) in [5.74, 6) is -0.187. The quantitative estimate of drug-likeness (QED) is 0.536. The van der Waals surface area contributed by atoms with Gasteiger partial charge < -0.3 is 4.74 Å². The Morgan fingerprint density at radius 2 is 1.76 bits per heavy atom. The molecular weight excluding hydrogens is 434 g/mol. The van der Waals surface area contributed by atoms with E-state index in [1.54, 1.807) is 16.4 Å². The summed E-state index contributed by atoms with van der Waals surface area (Å²) in [6.07, 6.45) is 0.497. The van der Waals surface area contributed by atoms with Crippen LogP contribution >= 0.6 is 0 Å². The number of hydrogen-bond acceptors (Lipinski definition) is 4. The summed E-state index contributed by atoms with van der Waals surface area (Å²) in [7, 11) is -3.78. The molecule has 5 nitrogen and oxygen atoms in total. The van der Waals surface area contributed by atoms with Crippen molar-refractivity contribution < 1.29 is 17.9 Å². The second-order valence-electron chi connectivity index (χ2n) is 10.6. The van der Waals surface area contributed by atoms with E-state index in [9.17, 15) is 13.2 Å². The lowest BCUT2D eigenvalue weighted by Gasteiger charge is -2.35. The first-order chi connectivity index (χ1) is 15.3. The van der Waals surface area contributed by atoms with Gasteiger partial charge in [-0.15, -0.1) is 0 Å². The van der Waals surface area contributed by atoms with Crippen molar-refractivity contribution in [3.8, 4) is 0 Å². The molecule has 3 rings (SSSR count). The number of carbonyl (C=O) groups is 1. The maximum absolute atomic E-state index is 13.8. The molecule has 0 radical (unpaired) electrons. The number of ether oxygens (including phenoxy) is 1. The molecule has 0 aromatic heterocycles. The van der Waals surface area contributed by atoms with Gasteiger partial charge in [0.05, 0.1) is 10.9 Å². The maximum atomic E-state index is 13.8. The number of sulfonamides is 1. The van der Waals surface area contributed by atoms with Crippen LogP contribution in [0.15, 0.2) is 47.4 Å². The second kappa shape index (κ2) is 9.59. The fourth-order valence-electron chi connectivity index (χ4n) is 4.51. The van der Waals surface area contributed by atoms with Gasteiger partial charge in [-0.3, -0.25) is 4.79 Å². The molecule has 0 aliphatic carbocycles. The number of rotatable bonds is 5. The SMILES string of the molecule is CC(=O)OC1c2ccc(C(C)(C)C)cc2CCN(S(=O)(=O)c2ccc(C)cc2)[C@@H]1CC(C)C. The molecule has 1 aliphatic rings. The predicted molar refractivity (Wildman–Crippen MR) is 132 cm³/mol. The van der Waals surface area contributed by atoms with E-state index < -0.39 is 28.1 Å². The number of esters is 1. The van der Waals surface area contributed by atoms with Gasteiger partial charge in [-0.05, 0) is 59.9 Å². The molecule has 180 valence electrons. The lowest BCUT2D eigenvalue weighted by Crippen LogP contribution is -2.45. The van der Waals surface area contributed by atoms with Crippen LogP contribution < -0.4 is 0 Å². The van der Waals surface area contributed by atoms with E-state index in [0.717, 1.165) is 16.7 Å². The van der Waals surface area contributed by atoms with Gasteiger partial charge in [0.25, 0.3) is 0 Å². The monoisotopic (exact) mass is 471 g/mol. The molecule has 0 amide bonds. The van der Waals surface area contributed by atoms with Crippen molar-refractivity contribution in [2.45, 2.75) is 83.8 Å². The standard InChI is InChI=1S/C27H37NO4S/c1-18(2)16-25-26(32-20(4)29)24-13-10-22(27(5,6)7)17-21(24)14-15-28(25)33(30,31)23-11-8-19(3)9-12-23/h8-13,17-18,25-26H,14-16H2,1-7H3/t25-,26?/m1/s1. The van der Waals surface area contributed by atoms with Gasteiger partial charge in [0.1, 0.15) is 6.10 Å². The van der Waals surface area contributed by atoms with Gasteiger partial charge in [0.15, 0.2) is 0 Å². The molecule has 2 aromatic rings. The number of hydrogen-bond donors (Lipinski definition) is 0. The van der Waals surface area contributed by atoms with Gasteiger partial charge in [0.2, 0.25) is 10.0 Å². The highest BCUT2D eigenvalue weighted by Gasteiger charge is 2.41. The normalized spacial score (nSPS) is 19.8. The number of nitrogens with zero attached hydrogens (tertiary/aromatic N) is 1. The summed E-state index contributed by atoms with van der Waals surface area (Å²) in [6.45, 7) is 14.3. The Kier molecular flexibility index (Phi) is 7.39. The molecule has 1 heterocycles. The third kappa shape index (κ3) is 5.67. The summed E-state index contributed by atoms with van der Waals surface area (Å²) in [5, 5.41) is 0. The van der Waals surface area contributed by atoms with Crippen LogP contribution in [-0.2, 0) is 31.4 Å². The van der Waals surface area contributed by atoms with Crippen LogP contribution in [0.2, 0.25) is 0 Å². The summed E-state index contributed by atoms with van der Waals surface area (Å²) in [5.41, 5.74) is 4.10. The van der Waals surface area contributed by atoms with Gasteiger partial charge in [0, 0.05) is 13.5 Å². The van der Waals surface area contributed by atoms with Crippen LogP contribution in [0.3, 0.4) is 0 Å². The second-order valence-corrected chi connectivity index (χ2v) is 12.5. The lowest BCUT2D eigenvalue weighted by atomic mass is 9.83. The fourth-order valence-corrected chi connectivity index (χ4v) is 6.15. The Hall–Kier alpha value is -2.18. The summed E-state index contributed by atoms with van der Waals surface area (Å²) < 4.78 is 35.1. The van der Waals surface area contributed by atoms with E-state index in [2.05, 4.69) is 46.8 Å². The minimum absolute atomic E-state index is 0.0384. The Bertz CT molecular complexity index is 1100. The highest BCUT2D eigenvalue weighted by molar-refractivity contribution is 7.89. The van der Waals surface area contributed by atoms with Gasteiger partial charge in [-0.2, -0.15) is 4.31 Å². The van der Waals surface area contributed by atoms with Crippen LogP contribution in [0.5, 0.6) is 0 Å². The third-order valence-corrected chi connectivity index (χ3v) is 8.21. The van der Waals surface area contributed by atoms with E-state index >= 15 is 0 Å². The van der Waals surface area contributed by atoms with Crippen molar-refractivity contribution in [1.82, 2.24) is 4.31 Å². The number of fused-ring (bicyclic) bond motifs is 1. The summed E-state index contributed by atoms with van der Waals surface area (Å²) in [4.78, 5) is 12.4. The zero-order valence-electron chi connectivity index (χ0n) is 20.9. The molecule has 0 saturated carbocycles. The van der Waals surface area contributed by atoms with E-state index in [1.807, 2.05) is 25.1 Å². The smallest absolute Gasteiger partial charge is 0.303 e. The molecular formula is C27H37NO4S. The first-order valence-electron chi connectivity index (χ1n) is 11.7. The Morgan fingerprint density at radius 3 is 2.30 bits per heavy atom. The lowest BCUT2D eigenvalue weighted by molar-refractivity contribution is -0.149. The van der Waals surface area contributed by atoms with E-state index in [1.165, 1.54) is 12.5 Å². The van der Waals surface area contributed by atoms with Crippen molar-refractivity contribution in [3.63, 3.8) is 0 Å². The van der Waals surface area contributed by atoms with Crippen molar-refractivity contribution in [1.29, 1.82) is 0 Å². The van der Waals surface area contributed by atoms with Crippen LogP contribution in [0.1, 0.15) is 76.3 Å². The Labute approximate surface area is 199 Å². The van der Waals surface area contributed by atoms with E-state index in [0.29, 0.717) is 19.4 Å². The fraction of sp³-hybridized carbons (Fsp3) is 0.519. The van der Waals surface area contributed by atoms with E-state index in [-0.39, 0.29) is 16.2 Å². The molecule has 6 heteroatoms.